The van der Waals surface area contributed by atoms with E-state index in [1.807, 2.05) is 31.2 Å². The first kappa shape index (κ1) is 14.7. The highest BCUT2D eigenvalue weighted by Crippen LogP contribution is 2.25. The van der Waals surface area contributed by atoms with Crippen LogP contribution in [0.4, 0.5) is 0 Å². The fraction of sp³-hybridized carbons (Fsp3) is 0.412. The number of aryl methyl sites for hydroxylation is 1. The molecule has 0 amide bonds. The zero-order valence-corrected chi connectivity index (χ0v) is 12.2. The first-order chi connectivity index (χ1) is 9.70. The Bertz CT molecular complexity index is 488. The zero-order chi connectivity index (χ0) is 14.4. The van der Waals surface area contributed by atoms with E-state index in [4.69, 9.17) is 14.9 Å². The molecule has 0 saturated heterocycles. The highest BCUT2D eigenvalue weighted by molar-refractivity contribution is 5.28. The minimum absolute atomic E-state index is 0.138. The first-order valence-electron chi connectivity index (χ1n) is 7.25. The van der Waals surface area contributed by atoms with Gasteiger partial charge in [0.15, 0.2) is 6.10 Å². The summed E-state index contributed by atoms with van der Waals surface area (Å²) in [5.41, 5.74) is 7.33. The second-order valence-corrected chi connectivity index (χ2v) is 5.16. The van der Waals surface area contributed by atoms with Crippen LogP contribution in [-0.4, -0.2) is 6.04 Å². The molecule has 2 aromatic rings. The van der Waals surface area contributed by atoms with Gasteiger partial charge in [-0.05, 0) is 49.6 Å². The number of unbranched alkanes of at least 4 members (excludes halogenated alkanes) is 1. The van der Waals surface area contributed by atoms with Crippen LogP contribution in [0.3, 0.4) is 0 Å². The molecular weight excluding hydrogens is 250 g/mol. The summed E-state index contributed by atoms with van der Waals surface area (Å²) in [6.45, 7) is 4.12. The van der Waals surface area contributed by atoms with Gasteiger partial charge in [0.05, 0.1) is 6.26 Å². The molecular formula is C17H23NO2. The summed E-state index contributed by atoms with van der Waals surface area (Å²) in [6.07, 6.45) is 4.93. The Morgan fingerprint density at radius 2 is 1.95 bits per heavy atom. The molecule has 0 aliphatic carbocycles. The Labute approximate surface area is 120 Å². The van der Waals surface area contributed by atoms with Crippen molar-refractivity contribution in [1.29, 1.82) is 0 Å². The van der Waals surface area contributed by atoms with Crippen LogP contribution >= 0.6 is 0 Å². The number of rotatable bonds is 7. The second kappa shape index (κ2) is 7.15. The van der Waals surface area contributed by atoms with Gasteiger partial charge >= 0.3 is 0 Å². The van der Waals surface area contributed by atoms with Gasteiger partial charge in [0.25, 0.3) is 0 Å². The smallest absolute Gasteiger partial charge is 0.171 e. The predicted molar refractivity (Wildman–Crippen MR) is 80.8 cm³/mol. The summed E-state index contributed by atoms with van der Waals surface area (Å²) in [5.74, 6) is 1.58. The van der Waals surface area contributed by atoms with Crippen LogP contribution in [0.25, 0.3) is 0 Å². The maximum Gasteiger partial charge on any atom is 0.171 e. The topological polar surface area (TPSA) is 48.4 Å². The summed E-state index contributed by atoms with van der Waals surface area (Å²) in [7, 11) is 0. The third-order valence-electron chi connectivity index (χ3n) is 3.31. The van der Waals surface area contributed by atoms with E-state index in [0.717, 1.165) is 17.9 Å². The highest BCUT2D eigenvalue weighted by Gasteiger charge is 2.20. The number of hydrogen-bond donors (Lipinski definition) is 1. The van der Waals surface area contributed by atoms with Crippen LogP contribution < -0.4 is 10.5 Å². The molecule has 1 aromatic heterocycles. The maximum absolute atomic E-state index is 5.99. The largest absolute Gasteiger partial charge is 0.481 e. The van der Waals surface area contributed by atoms with Crippen molar-refractivity contribution in [1.82, 2.24) is 0 Å². The minimum Gasteiger partial charge on any atom is -0.481 e. The van der Waals surface area contributed by atoms with Crippen molar-refractivity contribution in [3.8, 4) is 5.75 Å². The van der Waals surface area contributed by atoms with E-state index in [2.05, 4.69) is 19.1 Å². The van der Waals surface area contributed by atoms with Crippen molar-refractivity contribution < 1.29 is 9.15 Å². The molecule has 0 saturated carbocycles. The molecule has 0 aliphatic rings. The lowest BCUT2D eigenvalue weighted by Crippen LogP contribution is -2.28. The fourth-order valence-electron chi connectivity index (χ4n) is 2.14. The number of hydrogen-bond acceptors (Lipinski definition) is 3. The van der Waals surface area contributed by atoms with Gasteiger partial charge in [0.1, 0.15) is 11.5 Å². The summed E-state index contributed by atoms with van der Waals surface area (Å²) < 4.78 is 11.4. The monoisotopic (exact) mass is 273 g/mol. The Morgan fingerprint density at radius 1 is 1.20 bits per heavy atom. The van der Waals surface area contributed by atoms with Crippen LogP contribution in [0.5, 0.6) is 5.75 Å². The molecule has 0 radical (unpaired) electrons. The van der Waals surface area contributed by atoms with Gasteiger partial charge in [-0.3, -0.25) is 0 Å². The SMILES string of the molecule is CCCCc1ccc(OC(c2ccco2)C(C)N)cc1. The summed E-state index contributed by atoms with van der Waals surface area (Å²) in [5, 5.41) is 0. The Hall–Kier alpha value is -1.74. The van der Waals surface area contributed by atoms with Gasteiger partial charge in [-0.25, -0.2) is 0 Å². The zero-order valence-electron chi connectivity index (χ0n) is 12.2. The van der Waals surface area contributed by atoms with Crippen molar-refractivity contribution in [2.45, 2.75) is 45.3 Å². The quantitative estimate of drug-likeness (QED) is 0.826. The lowest BCUT2D eigenvalue weighted by atomic mass is 10.1. The van der Waals surface area contributed by atoms with Crippen LogP contribution in [-0.2, 0) is 6.42 Å². The number of furan rings is 1. The molecule has 3 nitrogen and oxygen atoms in total. The summed E-state index contributed by atoms with van der Waals surface area (Å²) in [4.78, 5) is 0. The van der Waals surface area contributed by atoms with Crippen LogP contribution in [0.2, 0.25) is 0 Å². The van der Waals surface area contributed by atoms with Gasteiger partial charge in [-0.1, -0.05) is 25.5 Å². The normalized spacial score (nSPS) is 13.9. The number of ether oxygens (including phenoxy) is 1. The van der Waals surface area contributed by atoms with E-state index in [1.54, 1.807) is 6.26 Å². The third kappa shape index (κ3) is 3.87. The van der Waals surface area contributed by atoms with E-state index in [9.17, 15) is 0 Å². The van der Waals surface area contributed by atoms with Gasteiger partial charge < -0.3 is 14.9 Å². The average molecular weight is 273 g/mol. The van der Waals surface area contributed by atoms with Gasteiger partial charge in [0.2, 0.25) is 0 Å². The van der Waals surface area contributed by atoms with Crippen molar-refractivity contribution in [3.05, 3.63) is 54.0 Å². The number of nitrogens with two attached hydrogens (primary N) is 1. The Kier molecular flexibility index (Phi) is 5.24. The highest BCUT2D eigenvalue weighted by atomic mass is 16.5. The fourth-order valence-corrected chi connectivity index (χ4v) is 2.14. The lowest BCUT2D eigenvalue weighted by molar-refractivity contribution is 0.153. The molecule has 2 unspecified atom stereocenters. The molecule has 2 atom stereocenters. The molecule has 0 bridgehead atoms. The van der Waals surface area contributed by atoms with E-state index >= 15 is 0 Å². The van der Waals surface area contributed by atoms with Crippen molar-refractivity contribution in [3.63, 3.8) is 0 Å². The molecule has 0 spiro atoms. The third-order valence-corrected chi connectivity index (χ3v) is 3.31. The van der Waals surface area contributed by atoms with Crippen molar-refractivity contribution in [2.24, 2.45) is 5.73 Å². The standard InChI is InChI=1S/C17H23NO2/c1-3-4-6-14-8-10-15(11-9-14)20-17(13(2)18)16-7-5-12-19-16/h5,7-13,17H,3-4,6,18H2,1-2H3. The van der Waals surface area contributed by atoms with Gasteiger partial charge in [-0.15, -0.1) is 0 Å². The summed E-state index contributed by atoms with van der Waals surface area (Å²) >= 11 is 0. The van der Waals surface area contributed by atoms with E-state index in [0.29, 0.717) is 0 Å². The molecule has 108 valence electrons. The molecule has 1 heterocycles. The maximum atomic E-state index is 5.99. The van der Waals surface area contributed by atoms with Gasteiger partial charge in [-0.2, -0.15) is 0 Å². The first-order valence-corrected chi connectivity index (χ1v) is 7.25. The van der Waals surface area contributed by atoms with E-state index in [1.165, 1.54) is 18.4 Å². The van der Waals surface area contributed by atoms with Crippen LogP contribution in [0, 0.1) is 0 Å². The minimum atomic E-state index is -0.258. The molecule has 2 rings (SSSR count). The molecule has 1 aromatic carbocycles. The predicted octanol–water partition coefficient (Wildman–Crippen LogP) is 4.09. The molecule has 2 N–H and O–H groups in total. The Balaban J connectivity index is 2.04. The lowest BCUT2D eigenvalue weighted by Gasteiger charge is -2.20. The van der Waals surface area contributed by atoms with Crippen molar-refractivity contribution in [2.75, 3.05) is 0 Å². The average Bonchev–Trinajstić information content (AvgIpc) is 2.97. The summed E-state index contributed by atoms with van der Waals surface area (Å²) in [6, 6.07) is 11.8. The second-order valence-electron chi connectivity index (χ2n) is 5.16. The number of benzene rings is 1. The van der Waals surface area contributed by atoms with Crippen molar-refractivity contribution >= 4 is 0 Å². The molecule has 0 aliphatic heterocycles. The Morgan fingerprint density at radius 3 is 2.50 bits per heavy atom. The van der Waals surface area contributed by atoms with Crippen LogP contribution in [0.1, 0.15) is 44.1 Å². The molecule has 20 heavy (non-hydrogen) atoms. The van der Waals surface area contributed by atoms with Gasteiger partial charge in [0, 0.05) is 6.04 Å². The molecule has 0 fully saturated rings. The van der Waals surface area contributed by atoms with E-state index in [-0.39, 0.29) is 12.1 Å². The van der Waals surface area contributed by atoms with E-state index < -0.39 is 0 Å². The van der Waals surface area contributed by atoms with Crippen LogP contribution in [0.15, 0.2) is 47.1 Å². The molecule has 3 heteroatoms.